The molecule has 224 valence electrons. The van der Waals surface area contributed by atoms with Crippen LogP contribution >= 0.6 is 0 Å². The third kappa shape index (κ3) is 8.47. The van der Waals surface area contributed by atoms with Crippen LogP contribution in [0.1, 0.15) is 42.9 Å². The Morgan fingerprint density at radius 3 is 2.41 bits per heavy atom. The number of aromatic hydroxyl groups is 1. The zero-order valence-electron chi connectivity index (χ0n) is 23.1. The number of phenols is 1. The normalized spacial score (nSPS) is 18.7. The average molecular weight is 590 g/mol. The standard InChI is InChI=1S/C28H39N5O7S/c1-41(39,40)31-24-17-22(34)8-9-23(24)26(35)18-29-13-10-19-4-6-20(7-5-19)30-21-11-15-32(16-12-21)28(38)33-14-2-3-25(33)27(36)37/h4-9,17,21,25-26,29-31,34-35H,2-3,10-16,18H2,1H3,(H,36,37)/t25-,26-/m0/s1. The van der Waals surface area contributed by atoms with Gasteiger partial charge in [0.05, 0.1) is 18.0 Å². The Hall–Kier alpha value is -3.55. The van der Waals surface area contributed by atoms with Crippen molar-refractivity contribution in [1.29, 1.82) is 0 Å². The minimum Gasteiger partial charge on any atom is -0.508 e. The molecule has 2 aromatic rings. The Morgan fingerprint density at radius 2 is 1.76 bits per heavy atom. The van der Waals surface area contributed by atoms with Gasteiger partial charge in [-0.2, -0.15) is 0 Å². The van der Waals surface area contributed by atoms with Gasteiger partial charge in [0.2, 0.25) is 10.0 Å². The molecule has 0 spiro atoms. The van der Waals surface area contributed by atoms with Gasteiger partial charge >= 0.3 is 12.0 Å². The fraction of sp³-hybridized carbons (Fsp3) is 0.500. The summed E-state index contributed by atoms with van der Waals surface area (Å²) in [6.07, 6.45) is 3.57. The number of carbonyl (C=O) groups excluding carboxylic acids is 1. The molecule has 2 aliphatic rings. The molecule has 0 bridgehead atoms. The van der Waals surface area contributed by atoms with Gasteiger partial charge in [0.1, 0.15) is 11.8 Å². The quantitative estimate of drug-likeness (QED) is 0.215. The summed E-state index contributed by atoms with van der Waals surface area (Å²) in [5.74, 6) is -1.04. The van der Waals surface area contributed by atoms with Crippen molar-refractivity contribution in [2.75, 3.05) is 49.0 Å². The summed E-state index contributed by atoms with van der Waals surface area (Å²) < 4.78 is 25.6. The van der Waals surface area contributed by atoms with Crippen molar-refractivity contribution in [3.05, 3.63) is 53.6 Å². The van der Waals surface area contributed by atoms with E-state index in [0.717, 1.165) is 43.2 Å². The number of aliphatic hydroxyl groups is 1. The fourth-order valence-corrected chi connectivity index (χ4v) is 5.93. The fourth-order valence-electron chi connectivity index (χ4n) is 5.36. The molecule has 0 unspecified atom stereocenters. The van der Waals surface area contributed by atoms with Gasteiger partial charge in [-0.25, -0.2) is 18.0 Å². The summed E-state index contributed by atoms with van der Waals surface area (Å²) in [5, 5.41) is 36.4. The second-order valence-electron chi connectivity index (χ2n) is 10.7. The smallest absolute Gasteiger partial charge is 0.326 e. The lowest BCUT2D eigenvalue weighted by Crippen LogP contribution is -2.51. The number of hydrogen-bond acceptors (Lipinski definition) is 8. The number of urea groups is 1. The van der Waals surface area contributed by atoms with Crippen LogP contribution in [0.3, 0.4) is 0 Å². The van der Waals surface area contributed by atoms with E-state index < -0.39 is 28.1 Å². The molecule has 2 atom stereocenters. The van der Waals surface area contributed by atoms with E-state index >= 15 is 0 Å². The number of piperidine rings is 1. The molecule has 2 fully saturated rings. The van der Waals surface area contributed by atoms with Gasteiger partial charge in [0.25, 0.3) is 0 Å². The van der Waals surface area contributed by atoms with E-state index in [-0.39, 0.29) is 30.1 Å². The Balaban J connectivity index is 1.18. The van der Waals surface area contributed by atoms with Crippen LogP contribution in [0.4, 0.5) is 16.2 Å². The second-order valence-corrected chi connectivity index (χ2v) is 12.4. The molecule has 2 aliphatic heterocycles. The topological polar surface area (TPSA) is 172 Å². The van der Waals surface area contributed by atoms with Crippen LogP contribution in [0.15, 0.2) is 42.5 Å². The molecule has 2 aromatic carbocycles. The molecule has 0 saturated carbocycles. The second kappa shape index (κ2) is 13.4. The number of aliphatic hydroxyl groups excluding tert-OH is 1. The number of amides is 2. The molecular weight excluding hydrogens is 550 g/mol. The number of carbonyl (C=O) groups is 2. The maximum atomic E-state index is 12.8. The van der Waals surface area contributed by atoms with Crippen molar-refractivity contribution in [1.82, 2.24) is 15.1 Å². The number of rotatable bonds is 11. The molecule has 4 rings (SSSR count). The van der Waals surface area contributed by atoms with Gasteiger partial charge in [-0.3, -0.25) is 4.72 Å². The predicted octanol–water partition coefficient (Wildman–Crippen LogP) is 2.17. The van der Waals surface area contributed by atoms with Gasteiger partial charge in [-0.1, -0.05) is 18.2 Å². The predicted molar refractivity (Wildman–Crippen MR) is 156 cm³/mol. The number of likely N-dealkylation sites (tertiary alicyclic amines) is 2. The van der Waals surface area contributed by atoms with Crippen molar-refractivity contribution in [3.63, 3.8) is 0 Å². The monoisotopic (exact) mass is 589 g/mol. The van der Waals surface area contributed by atoms with Crippen LogP contribution in [-0.2, 0) is 21.2 Å². The van der Waals surface area contributed by atoms with Crippen molar-refractivity contribution >= 4 is 33.4 Å². The third-order valence-corrected chi connectivity index (χ3v) is 8.08. The van der Waals surface area contributed by atoms with E-state index in [0.29, 0.717) is 38.2 Å². The number of nitrogens with zero attached hydrogens (tertiary/aromatic N) is 2. The number of aliphatic carboxylic acids is 1. The zero-order valence-corrected chi connectivity index (χ0v) is 23.9. The first kappa shape index (κ1) is 30.4. The van der Waals surface area contributed by atoms with Gasteiger partial charge in [-0.05, 0) is 62.4 Å². The average Bonchev–Trinajstić information content (AvgIpc) is 3.42. The SMILES string of the molecule is CS(=O)(=O)Nc1cc(O)ccc1[C@@H](O)CNCCc1ccc(NC2CCN(C(=O)N3CCC[C@H]3C(=O)O)CC2)cc1. The van der Waals surface area contributed by atoms with Crippen LogP contribution in [0.25, 0.3) is 0 Å². The Kier molecular flexibility index (Phi) is 9.94. The minimum absolute atomic E-state index is 0.105. The minimum atomic E-state index is -3.57. The Morgan fingerprint density at radius 1 is 1.05 bits per heavy atom. The zero-order chi connectivity index (χ0) is 29.6. The number of benzene rings is 2. The van der Waals surface area contributed by atoms with Crippen molar-refractivity contribution in [2.24, 2.45) is 0 Å². The summed E-state index contributed by atoms with van der Waals surface area (Å²) in [7, 11) is -3.57. The molecule has 0 aliphatic carbocycles. The molecule has 2 amide bonds. The number of phenolic OH excluding ortho intramolecular Hbond substituents is 1. The molecule has 13 heteroatoms. The van der Waals surface area contributed by atoms with E-state index in [4.69, 9.17) is 0 Å². The molecule has 2 heterocycles. The van der Waals surface area contributed by atoms with Crippen LogP contribution in [0.2, 0.25) is 0 Å². The van der Waals surface area contributed by atoms with Crippen molar-refractivity contribution in [2.45, 2.75) is 50.3 Å². The summed E-state index contributed by atoms with van der Waals surface area (Å²) in [5.41, 5.74) is 2.61. The van der Waals surface area contributed by atoms with E-state index in [1.165, 1.54) is 23.1 Å². The first-order chi connectivity index (χ1) is 19.5. The van der Waals surface area contributed by atoms with Gasteiger partial charge in [0.15, 0.2) is 0 Å². The van der Waals surface area contributed by atoms with E-state index in [1.54, 1.807) is 4.90 Å². The molecular formula is C28H39N5O7S. The third-order valence-electron chi connectivity index (χ3n) is 7.49. The first-order valence-electron chi connectivity index (χ1n) is 13.8. The van der Waals surface area contributed by atoms with Gasteiger partial charge in [-0.15, -0.1) is 0 Å². The first-order valence-corrected chi connectivity index (χ1v) is 15.7. The molecule has 2 saturated heterocycles. The van der Waals surface area contributed by atoms with E-state index in [2.05, 4.69) is 15.4 Å². The molecule has 41 heavy (non-hydrogen) atoms. The highest BCUT2D eigenvalue weighted by Crippen LogP contribution is 2.28. The molecule has 12 nitrogen and oxygen atoms in total. The largest absolute Gasteiger partial charge is 0.508 e. The van der Waals surface area contributed by atoms with E-state index in [9.17, 15) is 33.3 Å². The van der Waals surface area contributed by atoms with Crippen LogP contribution < -0.4 is 15.4 Å². The van der Waals surface area contributed by atoms with Crippen molar-refractivity contribution in [3.8, 4) is 5.75 Å². The van der Waals surface area contributed by atoms with Gasteiger partial charge < -0.3 is 35.8 Å². The maximum Gasteiger partial charge on any atom is 0.326 e. The summed E-state index contributed by atoms with van der Waals surface area (Å²) in [6.45, 7) is 2.48. The lowest BCUT2D eigenvalue weighted by molar-refractivity contribution is -0.141. The number of anilines is 2. The summed E-state index contributed by atoms with van der Waals surface area (Å²) in [6, 6.07) is 11.6. The Bertz CT molecular complexity index is 1310. The van der Waals surface area contributed by atoms with Crippen molar-refractivity contribution < 1.29 is 33.3 Å². The highest BCUT2D eigenvalue weighted by molar-refractivity contribution is 7.92. The highest BCUT2D eigenvalue weighted by Gasteiger charge is 2.37. The Labute approximate surface area is 240 Å². The number of nitrogens with one attached hydrogen (secondary N) is 3. The molecule has 0 aromatic heterocycles. The number of carboxylic acid groups (broad SMARTS) is 1. The van der Waals surface area contributed by atoms with E-state index in [1.807, 2.05) is 24.3 Å². The van der Waals surface area contributed by atoms with Crippen LogP contribution in [0, 0.1) is 0 Å². The number of hydrogen-bond donors (Lipinski definition) is 6. The summed E-state index contributed by atoms with van der Waals surface area (Å²) >= 11 is 0. The molecule has 6 N–H and O–H groups in total. The highest BCUT2D eigenvalue weighted by atomic mass is 32.2. The molecule has 0 radical (unpaired) electrons. The van der Waals surface area contributed by atoms with Crippen LogP contribution in [0.5, 0.6) is 5.75 Å². The number of sulfonamides is 1. The van der Waals surface area contributed by atoms with Gasteiger partial charge in [0, 0.05) is 49.5 Å². The lowest BCUT2D eigenvalue weighted by atomic mass is 10.0. The maximum absolute atomic E-state index is 12.8. The summed E-state index contributed by atoms with van der Waals surface area (Å²) in [4.78, 5) is 27.5. The van der Waals surface area contributed by atoms with Crippen LogP contribution in [-0.4, -0.2) is 96.6 Å². The lowest BCUT2D eigenvalue weighted by Gasteiger charge is -2.36. The number of carboxylic acids is 1.